The summed E-state index contributed by atoms with van der Waals surface area (Å²) in [6.07, 6.45) is 3.54. The smallest absolute Gasteiger partial charge is 0.222 e. The average molecular weight is 388 g/mol. The first-order valence-electron chi connectivity index (χ1n) is 7.81. The number of aromatic nitrogens is 1. The van der Waals surface area contributed by atoms with E-state index in [1.165, 1.54) is 12.1 Å². The monoisotopic (exact) mass is 387 g/mol. The van der Waals surface area contributed by atoms with E-state index in [-0.39, 0.29) is 36.5 Å². The van der Waals surface area contributed by atoms with Crippen LogP contribution in [0.25, 0.3) is 0 Å². The zero-order valence-corrected chi connectivity index (χ0v) is 15.6. The van der Waals surface area contributed by atoms with Crippen LogP contribution in [0.5, 0.6) is 0 Å². The third-order valence-electron chi connectivity index (χ3n) is 3.60. The lowest BCUT2D eigenvalue weighted by atomic mass is 10.1. The Morgan fingerprint density at radius 3 is 2.44 bits per heavy atom. The van der Waals surface area contributed by atoms with Gasteiger partial charge in [-0.3, -0.25) is 9.78 Å². The van der Waals surface area contributed by atoms with Crippen LogP contribution >= 0.6 is 24.8 Å². The number of pyridine rings is 1. The number of amides is 1. The molecule has 0 bridgehead atoms. The second-order valence-corrected chi connectivity index (χ2v) is 5.41. The Kier molecular flexibility index (Phi) is 11.8. The lowest BCUT2D eigenvalue weighted by Gasteiger charge is -2.23. The third-order valence-corrected chi connectivity index (χ3v) is 3.60. The number of carbonyl (C=O) groups excluding carboxylic acids is 1. The molecule has 0 atom stereocenters. The van der Waals surface area contributed by atoms with Gasteiger partial charge in [-0.1, -0.05) is 18.2 Å². The Labute approximate surface area is 160 Å². The van der Waals surface area contributed by atoms with E-state index in [0.29, 0.717) is 38.9 Å². The van der Waals surface area contributed by atoms with Gasteiger partial charge in [0, 0.05) is 37.8 Å². The minimum Gasteiger partial charge on any atom is -0.338 e. The summed E-state index contributed by atoms with van der Waals surface area (Å²) in [7, 11) is 0. The first-order chi connectivity index (χ1) is 11.2. The van der Waals surface area contributed by atoms with Gasteiger partial charge in [-0.25, -0.2) is 4.39 Å². The molecule has 2 rings (SSSR count). The van der Waals surface area contributed by atoms with Crippen LogP contribution in [0.4, 0.5) is 4.39 Å². The van der Waals surface area contributed by atoms with Crippen LogP contribution in [0.1, 0.15) is 24.1 Å². The van der Waals surface area contributed by atoms with Gasteiger partial charge in [-0.05, 0) is 42.8 Å². The van der Waals surface area contributed by atoms with Gasteiger partial charge in [-0.2, -0.15) is 0 Å². The topological polar surface area (TPSA) is 59.2 Å². The normalized spacial score (nSPS) is 9.68. The van der Waals surface area contributed by atoms with E-state index in [1.54, 1.807) is 23.2 Å². The molecule has 138 valence electrons. The summed E-state index contributed by atoms with van der Waals surface area (Å²) in [5.41, 5.74) is 7.35. The molecule has 0 fully saturated rings. The molecule has 0 aliphatic heterocycles. The van der Waals surface area contributed by atoms with Gasteiger partial charge in [-0.15, -0.1) is 24.8 Å². The lowest BCUT2D eigenvalue weighted by molar-refractivity contribution is -0.131. The summed E-state index contributed by atoms with van der Waals surface area (Å²) in [5.74, 6) is -0.209. The van der Waals surface area contributed by atoms with E-state index in [1.807, 2.05) is 18.2 Å². The van der Waals surface area contributed by atoms with Crippen molar-refractivity contribution in [1.82, 2.24) is 9.88 Å². The van der Waals surface area contributed by atoms with Gasteiger partial charge in [0.2, 0.25) is 5.91 Å². The average Bonchev–Trinajstić information content (AvgIpc) is 2.59. The highest BCUT2D eigenvalue weighted by atomic mass is 35.5. The highest BCUT2D eigenvalue weighted by Crippen LogP contribution is 2.10. The zero-order chi connectivity index (χ0) is 16.5. The molecular weight excluding hydrogens is 364 g/mol. The van der Waals surface area contributed by atoms with Crippen molar-refractivity contribution >= 4 is 30.7 Å². The predicted molar refractivity (Wildman–Crippen MR) is 103 cm³/mol. The zero-order valence-electron chi connectivity index (χ0n) is 13.9. The number of nitrogens with zero attached hydrogens (tertiary/aromatic N) is 2. The van der Waals surface area contributed by atoms with Gasteiger partial charge < -0.3 is 10.6 Å². The standard InChI is InChI=1S/C18H22FN3O.2ClH/c19-16-8-6-15(7-9-16)14-22(18(23)5-3-11-20)13-10-17-4-1-2-12-21-17;;/h1-2,4,6-9,12H,3,5,10-11,13-14,20H2;2*1H. The molecule has 7 heteroatoms. The number of hydrogen-bond acceptors (Lipinski definition) is 3. The van der Waals surface area contributed by atoms with Crippen molar-refractivity contribution < 1.29 is 9.18 Å². The summed E-state index contributed by atoms with van der Waals surface area (Å²) >= 11 is 0. The molecule has 2 N–H and O–H groups in total. The summed E-state index contributed by atoms with van der Waals surface area (Å²) < 4.78 is 13.0. The highest BCUT2D eigenvalue weighted by Gasteiger charge is 2.14. The number of halogens is 3. The van der Waals surface area contributed by atoms with Gasteiger partial charge in [0.15, 0.2) is 0 Å². The Bertz CT molecular complexity index is 611. The number of rotatable bonds is 8. The molecule has 0 unspecified atom stereocenters. The van der Waals surface area contributed by atoms with Gasteiger partial charge >= 0.3 is 0 Å². The van der Waals surface area contributed by atoms with Crippen LogP contribution < -0.4 is 5.73 Å². The Hall–Kier alpha value is -1.69. The summed E-state index contributed by atoms with van der Waals surface area (Å²) in [5, 5.41) is 0. The minimum absolute atomic E-state index is 0. The van der Waals surface area contributed by atoms with E-state index < -0.39 is 0 Å². The lowest BCUT2D eigenvalue weighted by Crippen LogP contribution is -2.32. The van der Waals surface area contributed by atoms with Crippen LogP contribution in [0.2, 0.25) is 0 Å². The van der Waals surface area contributed by atoms with Crippen molar-refractivity contribution in [2.24, 2.45) is 5.73 Å². The molecule has 0 aliphatic rings. The van der Waals surface area contributed by atoms with E-state index in [4.69, 9.17) is 5.73 Å². The second-order valence-electron chi connectivity index (χ2n) is 5.41. The molecule has 0 radical (unpaired) electrons. The van der Waals surface area contributed by atoms with Crippen LogP contribution in [-0.4, -0.2) is 28.9 Å². The van der Waals surface area contributed by atoms with Crippen molar-refractivity contribution in [3.63, 3.8) is 0 Å². The number of carbonyl (C=O) groups is 1. The van der Waals surface area contributed by atoms with Crippen molar-refractivity contribution in [1.29, 1.82) is 0 Å². The number of benzene rings is 1. The summed E-state index contributed by atoms with van der Waals surface area (Å²) in [4.78, 5) is 18.4. The van der Waals surface area contributed by atoms with Crippen molar-refractivity contribution in [2.75, 3.05) is 13.1 Å². The largest absolute Gasteiger partial charge is 0.338 e. The van der Waals surface area contributed by atoms with E-state index in [9.17, 15) is 9.18 Å². The van der Waals surface area contributed by atoms with E-state index in [2.05, 4.69) is 4.98 Å². The molecule has 1 aromatic carbocycles. The first kappa shape index (κ1) is 23.3. The van der Waals surface area contributed by atoms with Gasteiger partial charge in [0.05, 0.1) is 0 Å². The van der Waals surface area contributed by atoms with Crippen LogP contribution in [0, 0.1) is 5.82 Å². The molecular formula is C18H24Cl2FN3O. The molecule has 0 spiro atoms. The Balaban J connectivity index is 0.00000288. The fourth-order valence-corrected chi connectivity index (χ4v) is 2.31. The minimum atomic E-state index is -0.275. The molecule has 1 amide bonds. The van der Waals surface area contributed by atoms with E-state index >= 15 is 0 Å². The maximum absolute atomic E-state index is 13.0. The maximum atomic E-state index is 13.0. The van der Waals surface area contributed by atoms with Crippen molar-refractivity contribution in [3.8, 4) is 0 Å². The van der Waals surface area contributed by atoms with Crippen LogP contribution in [0.15, 0.2) is 48.7 Å². The predicted octanol–water partition coefficient (Wildman–Crippen LogP) is 3.37. The number of hydrogen-bond donors (Lipinski definition) is 1. The summed E-state index contributed by atoms with van der Waals surface area (Å²) in [6, 6.07) is 12.0. The Morgan fingerprint density at radius 1 is 1.12 bits per heavy atom. The number of nitrogens with two attached hydrogens (primary N) is 1. The fraction of sp³-hybridized carbons (Fsp3) is 0.333. The van der Waals surface area contributed by atoms with Gasteiger partial charge in [0.25, 0.3) is 0 Å². The van der Waals surface area contributed by atoms with Crippen LogP contribution in [-0.2, 0) is 17.8 Å². The van der Waals surface area contributed by atoms with Crippen molar-refractivity contribution in [3.05, 3.63) is 65.7 Å². The molecule has 1 heterocycles. The Morgan fingerprint density at radius 2 is 1.84 bits per heavy atom. The highest BCUT2D eigenvalue weighted by molar-refractivity contribution is 5.85. The second kappa shape index (κ2) is 12.6. The quantitative estimate of drug-likeness (QED) is 0.754. The first-order valence-corrected chi connectivity index (χ1v) is 7.81. The van der Waals surface area contributed by atoms with E-state index in [0.717, 1.165) is 11.3 Å². The molecule has 0 saturated heterocycles. The SMILES string of the molecule is Cl.Cl.NCCCC(=O)N(CCc1ccccn1)Cc1ccc(F)cc1. The van der Waals surface area contributed by atoms with Gasteiger partial charge in [0.1, 0.15) is 5.82 Å². The summed E-state index contributed by atoms with van der Waals surface area (Å²) in [6.45, 7) is 1.55. The molecule has 0 saturated carbocycles. The maximum Gasteiger partial charge on any atom is 0.222 e. The molecule has 2 aromatic rings. The molecule has 25 heavy (non-hydrogen) atoms. The molecule has 1 aromatic heterocycles. The molecule has 4 nitrogen and oxygen atoms in total. The fourth-order valence-electron chi connectivity index (χ4n) is 2.31. The third kappa shape index (κ3) is 8.29. The van der Waals surface area contributed by atoms with Crippen LogP contribution in [0.3, 0.4) is 0 Å². The molecule has 0 aliphatic carbocycles. The van der Waals surface area contributed by atoms with Crippen molar-refractivity contribution in [2.45, 2.75) is 25.8 Å².